The van der Waals surface area contributed by atoms with Gasteiger partial charge in [0.05, 0.1) is 5.92 Å². The molecular weight excluding hydrogens is 268 g/mol. The predicted octanol–water partition coefficient (Wildman–Crippen LogP) is 2.88. The minimum Gasteiger partial charge on any atom is -0.444 e. The smallest absolute Gasteiger partial charge is 0.410 e. The summed E-state index contributed by atoms with van der Waals surface area (Å²) in [6, 6.07) is 9.33. The van der Waals surface area contributed by atoms with Gasteiger partial charge in [-0.2, -0.15) is 0 Å². The van der Waals surface area contributed by atoms with E-state index in [-0.39, 0.29) is 17.9 Å². The molecule has 0 saturated carbocycles. The summed E-state index contributed by atoms with van der Waals surface area (Å²) in [4.78, 5) is 25.7. The van der Waals surface area contributed by atoms with Crippen molar-refractivity contribution in [2.24, 2.45) is 5.92 Å². The van der Waals surface area contributed by atoms with Crippen LogP contribution in [0, 0.1) is 5.92 Å². The van der Waals surface area contributed by atoms with Crippen molar-refractivity contribution in [1.82, 2.24) is 4.90 Å². The third kappa shape index (κ3) is 4.48. The summed E-state index contributed by atoms with van der Waals surface area (Å²) in [5.41, 5.74) is 0.264. The molecule has 1 aliphatic rings. The van der Waals surface area contributed by atoms with Gasteiger partial charge in [0, 0.05) is 18.8 Å². The van der Waals surface area contributed by atoms with Crippen LogP contribution < -0.4 is 5.32 Å². The number of carbonyl (C=O) groups excluding carboxylic acids is 2. The molecule has 114 valence electrons. The second-order valence-electron chi connectivity index (χ2n) is 6.27. The Kier molecular flexibility index (Phi) is 4.50. The number of amides is 2. The molecule has 1 aromatic rings. The van der Waals surface area contributed by atoms with E-state index in [2.05, 4.69) is 5.32 Å². The molecule has 1 saturated heterocycles. The van der Waals surface area contributed by atoms with E-state index in [1.807, 2.05) is 51.1 Å². The Hall–Kier alpha value is -2.04. The number of rotatable bonds is 2. The van der Waals surface area contributed by atoms with E-state index in [0.29, 0.717) is 19.5 Å². The first-order chi connectivity index (χ1) is 9.85. The Bertz CT molecular complexity index is 508. The largest absolute Gasteiger partial charge is 0.444 e. The van der Waals surface area contributed by atoms with Crippen LogP contribution >= 0.6 is 0 Å². The first-order valence-corrected chi connectivity index (χ1v) is 7.19. The predicted molar refractivity (Wildman–Crippen MR) is 81.0 cm³/mol. The maximum absolute atomic E-state index is 12.2. The first kappa shape index (κ1) is 15.4. The molecule has 2 amide bonds. The number of para-hydroxylation sites is 1. The molecule has 1 unspecified atom stereocenters. The van der Waals surface area contributed by atoms with Gasteiger partial charge < -0.3 is 15.0 Å². The molecule has 1 heterocycles. The van der Waals surface area contributed by atoms with Gasteiger partial charge in [-0.1, -0.05) is 18.2 Å². The highest BCUT2D eigenvalue weighted by Crippen LogP contribution is 2.21. The van der Waals surface area contributed by atoms with Gasteiger partial charge in [0.25, 0.3) is 0 Å². The number of nitrogens with zero attached hydrogens (tertiary/aromatic N) is 1. The van der Waals surface area contributed by atoms with E-state index in [4.69, 9.17) is 4.74 Å². The third-order valence-corrected chi connectivity index (χ3v) is 3.25. The lowest BCUT2D eigenvalue weighted by molar-refractivity contribution is -0.119. The number of likely N-dealkylation sites (tertiary alicyclic amines) is 1. The second kappa shape index (κ2) is 6.16. The normalized spacial score (nSPS) is 18.4. The minimum atomic E-state index is -0.512. The maximum atomic E-state index is 12.2. The number of anilines is 1. The topological polar surface area (TPSA) is 58.6 Å². The Morgan fingerprint density at radius 1 is 1.24 bits per heavy atom. The number of hydrogen-bond acceptors (Lipinski definition) is 3. The fourth-order valence-electron chi connectivity index (χ4n) is 2.23. The Balaban J connectivity index is 1.87. The lowest BCUT2D eigenvalue weighted by Gasteiger charge is -2.24. The maximum Gasteiger partial charge on any atom is 0.410 e. The fraction of sp³-hybridized carbons (Fsp3) is 0.500. The van der Waals surface area contributed by atoms with Crippen LogP contribution in [0.3, 0.4) is 0 Å². The standard InChI is InChI=1S/C16H22N2O3/c1-16(2,3)21-15(20)18-10-9-12(11-18)14(19)17-13-7-5-4-6-8-13/h4-8,12H,9-11H2,1-3H3,(H,17,19). The fourth-order valence-corrected chi connectivity index (χ4v) is 2.23. The van der Waals surface area contributed by atoms with Crippen LogP contribution in [0.15, 0.2) is 30.3 Å². The van der Waals surface area contributed by atoms with Crippen molar-refractivity contribution in [3.63, 3.8) is 0 Å². The molecule has 0 aliphatic carbocycles. The van der Waals surface area contributed by atoms with Gasteiger partial charge in [-0.15, -0.1) is 0 Å². The van der Waals surface area contributed by atoms with E-state index in [0.717, 1.165) is 5.69 Å². The number of hydrogen-bond donors (Lipinski definition) is 1. The van der Waals surface area contributed by atoms with Gasteiger partial charge in [-0.25, -0.2) is 4.79 Å². The Morgan fingerprint density at radius 3 is 2.52 bits per heavy atom. The molecule has 21 heavy (non-hydrogen) atoms. The zero-order valence-corrected chi connectivity index (χ0v) is 12.8. The van der Waals surface area contributed by atoms with E-state index >= 15 is 0 Å². The summed E-state index contributed by atoms with van der Waals surface area (Å²) in [7, 11) is 0. The van der Waals surface area contributed by atoms with Crippen LogP contribution in [0.5, 0.6) is 0 Å². The van der Waals surface area contributed by atoms with Crippen molar-refractivity contribution in [2.45, 2.75) is 32.8 Å². The molecule has 1 aliphatic heterocycles. The van der Waals surface area contributed by atoms with E-state index in [9.17, 15) is 9.59 Å². The van der Waals surface area contributed by atoms with Crippen LogP contribution in [-0.4, -0.2) is 35.6 Å². The van der Waals surface area contributed by atoms with Gasteiger partial charge in [-0.3, -0.25) is 4.79 Å². The molecule has 0 bridgehead atoms. The van der Waals surface area contributed by atoms with E-state index < -0.39 is 5.60 Å². The molecule has 1 fully saturated rings. The lowest BCUT2D eigenvalue weighted by atomic mass is 10.1. The average molecular weight is 290 g/mol. The Labute approximate surface area is 125 Å². The van der Waals surface area contributed by atoms with Crippen LogP contribution in [0.2, 0.25) is 0 Å². The zero-order chi connectivity index (χ0) is 15.5. The molecular formula is C16H22N2O3. The van der Waals surface area contributed by atoms with Crippen molar-refractivity contribution in [3.05, 3.63) is 30.3 Å². The first-order valence-electron chi connectivity index (χ1n) is 7.19. The van der Waals surface area contributed by atoms with Gasteiger partial charge in [0.15, 0.2) is 0 Å². The summed E-state index contributed by atoms with van der Waals surface area (Å²) in [5, 5.41) is 2.87. The van der Waals surface area contributed by atoms with E-state index in [1.54, 1.807) is 4.90 Å². The van der Waals surface area contributed by atoms with Crippen molar-refractivity contribution in [1.29, 1.82) is 0 Å². The number of carbonyl (C=O) groups is 2. The van der Waals surface area contributed by atoms with E-state index in [1.165, 1.54) is 0 Å². The molecule has 0 spiro atoms. The molecule has 2 rings (SSSR count). The van der Waals surface area contributed by atoms with Gasteiger partial charge >= 0.3 is 6.09 Å². The van der Waals surface area contributed by atoms with Crippen molar-refractivity contribution >= 4 is 17.7 Å². The molecule has 1 N–H and O–H groups in total. The summed E-state index contributed by atoms with van der Waals surface area (Å²) in [6.45, 7) is 6.47. The average Bonchev–Trinajstić information content (AvgIpc) is 2.87. The minimum absolute atomic E-state index is 0.0488. The Morgan fingerprint density at radius 2 is 1.90 bits per heavy atom. The van der Waals surface area contributed by atoms with Crippen molar-refractivity contribution in [2.75, 3.05) is 18.4 Å². The summed E-state index contributed by atoms with van der Waals surface area (Å²) >= 11 is 0. The number of benzene rings is 1. The molecule has 1 aromatic carbocycles. The molecule has 1 atom stereocenters. The summed E-state index contributed by atoms with van der Waals surface area (Å²) in [6.07, 6.45) is 0.315. The quantitative estimate of drug-likeness (QED) is 0.911. The van der Waals surface area contributed by atoms with Crippen molar-refractivity contribution in [3.8, 4) is 0 Å². The van der Waals surface area contributed by atoms with Crippen LogP contribution in [0.25, 0.3) is 0 Å². The van der Waals surface area contributed by atoms with Crippen LogP contribution in [-0.2, 0) is 9.53 Å². The second-order valence-corrected chi connectivity index (χ2v) is 6.27. The van der Waals surface area contributed by atoms with Crippen LogP contribution in [0.4, 0.5) is 10.5 Å². The SMILES string of the molecule is CC(C)(C)OC(=O)N1CCC(C(=O)Nc2ccccc2)C1. The number of nitrogens with one attached hydrogen (secondary N) is 1. The summed E-state index contributed by atoms with van der Waals surface area (Å²) < 4.78 is 5.32. The highest BCUT2D eigenvalue weighted by molar-refractivity contribution is 5.93. The summed E-state index contributed by atoms with van der Waals surface area (Å²) in [5.74, 6) is -0.231. The monoisotopic (exact) mass is 290 g/mol. The molecule has 5 nitrogen and oxygen atoms in total. The molecule has 5 heteroatoms. The molecule has 0 aromatic heterocycles. The van der Waals surface area contributed by atoms with Gasteiger partial charge in [0.1, 0.15) is 5.60 Å². The third-order valence-electron chi connectivity index (χ3n) is 3.25. The zero-order valence-electron chi connectivity index (χ0n) is 12.8. The van der Waals surface area contributed by atoms with Gasteiger partial charge in [0.2, 0.25) is 5.91 Å². The molecule has 0 radical (unpaired) electrons. The van der Waals surface area contributed by atoms with Crippen LogP contribution in [0.1, 0.15) is 27.2 Å². The number of ether oxygens (including phenoxy) is 1. The highest BCUT2D eigenvalue weighted by atomic mass is 16.6. The van der Waals surface area contributed by atoms with Gasteiger partial charge in [-0.05, 0) is 39.3 Å². The van der Waals surface area contributed by atoms with Crippen molar-refractivity contribution < 1.29 is 14.3 Å². The lowest BCUT2D eigenvalue weighted by Crippen LogP contribution is -2.36. The highest BCUT2D eigenvalue weighted by Gasteiger charge is 2.33.